The van der Waals surface area contributed by atoms with Crippen molar-refractivity contribution in [3.63, 3.8) is 0 Å². The molecule has 0 aliphatic carbocycles. The standard InChI is InChI=1S/C12H21N3O2.2ClH/c16-12(11-8-13-3-7-17-11)15-6-5-14-4-1-2-10(14)9-15;;/h10-11,13H,1-9H2;2*1H. The number of rotatable bonds is 1. The predicted octanol–water partition coefficient (Wildman–Crippen LogP) is 0.125. The van der Waals surface area contributed by atoms with Gasteiger partial charge in [0.25, 0.3) is 5.91 Å². The number of halogens is 2. The summed E-state index contributed by atoms with van der Waals surface area (Å²) in [5, 5.41) is 3.22. The number of carbonyl (C=O) groups excluding carboxylic acids is 1. The number of hydrogen-bond donors (Lipinski definition) is 1. The number of piperazine rings is 1. The van der Waals surface area contributed by atoms with Crippen molar-refractivity contribution in [1.29, 1.82) is 0 Å². The number of nitrogens with one attached hydrogen (secondary N) is 1. The third kappa shape index (κ3) is 3.73. The highest BCUT2D eigenvalue weighted by Gasteiger charge is 2.35. The normalized spacial score (nSPS) is 31.1. The van der Waals surface area contributed by atoms with E-state index < -0.39 is 0 Å². The molecule has 0 aromatic carbocycles. The minimum Gasteiger partial charge on any atom is -0.366 e. The molecule has 0 spiro atoms. The van der Waals surface area contributed by atoms with Crippen LogP contribution in [0, 0.1) is 0 Å². The van der Waals surface area contributed by atoms with E-state index in [1.54, 1.807) is 0 Å². The monoisotopic (exact) mass is 311 g/mol. The van der Waals surface area contributed by atoms with E-state index in [4.69, 9.17) is 4.74 Å². The number of amides is 1. The van der Waals surface area contributed by atoms with E-state index in [1.807, 2.05) is 4.90 Å². The molecule has 0 bridgehead atoms. The van der Waals surface area contributed by atoms with Crippen molar-refractivity contribution in [2.24, 2.45) is 0 Å². The molecular formula is C12H23Cl2N3O2. The highest BCUT2D eigenvalue weighted by molar-refractivity contribution is 5.85. The number of fused-ring (bicyclic) bond motifs is 1. The fourth-order valence-electron chi connectivity index (χ4n) is 3.12. The molecule has 19 heavy (non-hydrogen) atoms. The lowest BCUT2D eigenvalue weighted by molar-refractivity contribution is -0.147. The number of morpholine rings is 1. The molecular weight excluding hydrogens is 289 g/mol. The van der Waals surface area contributed by atoms with E-state index in [-0.39, 0.29) is 36.8 Å². The fourth-order valence-corrected chi connectivity index (χ4v) is 3.12. The molecule has 1 N–H and O–H groups in total. The van der Waals surface area contributed by atoms with Crippen molar-refractivity contribution in [1.82, 2.24) is 15.1 Å². The Morgan fingerprint density at radius 1 is 1.21 bits per heavy atom. The molecule has 3 heterocycles. The topological polar surface area (TPSA) is 44.8 Å². The maximum absolute atomic E-state index is 12.3. The van der Waals surface area contributed by atoms with E-state index >= 15 is 0 Å². The summed E-state index contributed by atoms with van der Waals surface area (Å²) in [7, 11) is 0. The predicted molar refractivity (Wildman–Crippen MR) is 78.3 cm³/mol. The smallest absolute Gasteiger partial charge is 0.253 e. The molecule has 112 valence electrons. The number of nitrogens with zero attached hydrogens (tertiary/aromatic N) is 2. The summed E-state index contributed by atoms with van der Waals surface area (Å²) in [6.07, 6.45) is 2.28. The van der Waals surface area contributed by atoms with Crippen LogP contribution in [0.4, 0.5) is 0 Å². The molecule has 0 aromatic rings. The minimum atomic E-state index is -0.253. The first-order valence-electron chi connectivity index (χ1n) is 6.70. The molecule has 0 aromatic heterocycles. The molecule has 2 unspecified atom stereocenters. The van der Waals surface area contributed by atoms with E-state index in [9.17, 15) is 4.79 Å². The fraction of sp³-hybridized carbons (Fsp3) is 0.917. The zero-order valence-electron chi connectivity index (χ0n) is 11.0. The van der Waals surface area contributed by atoms with Gasteiger partial charge in [-0.2, -0.15) is 0 Å². The van der Waals surface area contributed by atoms with Crippen LogP contribution < -0.4 is 5.32 Å². The van der Waals surface area contributed by atoms with Gasteiger partial charge in [0.1, 0.15) is 6.10 Å². The van der Waals surface area contributed by atoms with Gasteiger partial charge in [0.05, 0.1) is 6.61 Å². The zero-order chi connectivity index (χ0) is 11.7. The second kappa shape index (κ2) is 7.64. The first kappa shape index (κ1) is 17.0. The Morgan fingerprint density at radius 3 is 2.79 bits per heavy atom. The third-order valence-electron chi connectivity index (χ3n) is 4.10. The molecule has 5 nitrogen and oxygen atoms in total. The van der Waals surface area contributed by atoms with Crippen molar-refractivity contribution >= 4 is 30.7 Å². The summed E-state index contributed by atoms with van der Waals surface area (Å²) in [6.45, 7) is 6.21. The van der Waals surface area contributed by atoms with Gasteiger partial charge in [0, 0.05) is 38.8 Å². The summed E-state index contributed by atoms with van der Waals surface area (Å²) in [6, 6.07) is 0.601. The van der Waals surface area contributed by atoms with E-state index in [0.717, 1.165) is 26.2 Å². The molecule has 2 atom stereocenters. The average molecular weight is 312 g/mol. The highest BCUT2D eigenvalue weighted by Crippen LogP contribution is 2.22. The van der Waals surface area contributed by atoms with E-state index in [0.29, 0.717) is 19.2 Å². The van der Waals surface area contributed by atoms with Gasteiger partial charge in [-0.25, -0.2) is 0 Å². The van der Waals surface area contributed by atoms with Crippen LogP contribution in [0.25, 0.3) is 0 Å². The van der Waals surface area contributed by atoms with Crippen LogP contribution in [0.2, 0.25) is 0 Å². The van der Waals surface area contributed by atoms with Crippen molar-refractivity contribution in [2.45, 2.75) is 25.0 Å². The van der Waals surface area contributed by atoms with E-state index in [2.05, 4.69) is 10.2 Å². The Hall–Kier alpha value is -0.0700. The van der Waals surface area contributed by atoms with Crippen molar-refractivity contribution in [3.05, 3.63) is 0 Å². The van der Waals surface area contributed by atoms with E-state index in [1.165, 1.54) is 19.4 Å². The zero-order valence-corrected chi connectivity index (χ0v) is 12.7. The van der Waals surface area contributed by atoms with Crippen LogP contribution in [0.3, 0.4) is 0 Å². The van der Waals surface area contributed by atoms with Gasteiger partial charge in [0.2, 0.25) is 0 Å². The van der Waals surface area contributed by atoms with Crippen LogP contribution in [-0.4, -0.2) is 73.7 Å². The van der Waals surface area contributed by atoms with Gasteiger partial charge in [-0.1, -0.05) is 0 Å². The summed E-state index contributed by atoms with van der Waals surface area (Å²) >= 11 is 0. The SMILES string of the molecule is Cl.Cl.O=C(C1CNCCO1)N1CCN2CCCC2C1. The number of hydrogen-bond acceptors (Lipinski definition) is 4. The van der Waals surface area contributed by atoms with Crippen molar-refractivity contribution in [3.8, 4) is 0 Å². The lowest BCUT2D eigenvalue weighted by atomic mass is 10.1. The Bertz CT molecular complexity index is 301. The molecule has 0 radical (unpaired) electrons. The first-order chi connectivity index (χ1) is 8.34. The summed E-state index contributed by atoms with van der Waals surface area (Å²) in [4.78, 5) is 16.8. The number of ether oxygens (including phenoxy) is 1. The molecule has 3 aliphatic rings. The maximum Gasteiger partial charge on any atom is 0.253 e. The van der Waals surface area contributed by atoms with Crippen molar-refractivity contribution in [2.75, 3.05) is 45.9 Å². The van der Waals surface area contributed by atoms with Gasteiger partial charge in [-0.3, -0.25) is 9.69 Å². The lowest BCUT2D eigenvalue weighted by Gasteiger charge is -2.39. The minimum absolute atomic E-state index is 0. The van der Waals surface area contributed by atoms with Crippen LogP contribution in [0.5, 0.6) is 0 Å². The van der Waals surface area contributed by atoms with Crippen molar-refractivity contribution < 1.29 is 9.53 Å². The maximum atomic E-state index is 12.3. The Kier molecular flexibility index (Phi) is 6.83. The van der Waals surface area contributed by atoms with Crippen LogP contribution in [0.15, 0.2) is 0 Å². The van der Waals surface area contributed by atoms with Crippen LogP contribution >= 0.6 is 24.8 Å². The first-order valence-corrected chi connectivity index (χ1v) is 6.70. The largest absolute Gasteiger partial charge is 0.366 e. The van der Waals surface area contributed by atoms with Crippen LogP contribution in [0.1, 0.15) is 12.8 Å². The number of carbonyl (C=O) groups is 1. The lowest BCUT2D eigenvalue weighted by Crippen LogP contribution is -2.57. The average Bonchev–Trinajstić information content (AvgIpc) is 2.86. The molecule has 0 saturated carbocycles. The second-order valence-electron chi connectivity index (χ2n) is 5.18. The van der Waals surface area contributed by atoms with Gasteiger partial charge in [-0.15, -0.1) is 24.8 Å². The molecule has 1 amide bonds. The summed E-state index contributed by atoms with van der Waals surface area (Å²) < 4.78 is 5.54. The third-order valence-corrected chi connectivity index (χ3v) is 4.10. The Balaban J connectivity index is 0.000000902. The molecule has 3 fully saturated rings. The van der Waals surface area contributed by atoms with Gasteiger partial charge in [-0.05, 0) is 19.4 Å². The molecule has 3 saturated heterocycles. The molecule has 3 aliphatic heterocycles. The highest BCUT2D eigenvalue weighted by atomic mass is 35.5. The molecule has 3 rings (SSSR count). The Morgan fingerprint density at radius 2 is 2.05 bits per heavy atom. The van der Waals surface area contributed by atoms with Crippen LogP contribution in [-0.2, 0) is 9.53 Å². The Labute approximate surface area is 126 Å². The van der Waals surface area contributed by atoms with Gasteiger partial charge in [0.15, 0.2) is 0 Å². The second-order valence-corrected chi connectivity index (χ2v) is 5.18. The van der Waals surface area contributed by atoms with Gasteiger partial charge < -0.3 is 15.0 Å². The summed E-state index contributed by atoms with van der Waals surface area (Å²) in [5.41, 5.74) is 0. The quantitative estimate of drug-likeness (QED) is 0.747. The van der Waals surface area contributed by atoms with Gasteiger partial charge >= 0.3 is 0 Å². The summed E-state index contributed by atoms with van der Waals surface area (Å²) in [5.74, 6) is 0.184. The molecule has 7 heteroatoms.